The smallest absolute Gasteiger partial charge is 0.160 e. The van der Waals surface area contributed by atoms with Crippen LogP contribution in [0.15, 0.2) is 66.9 Å². The van der Waals surface area contributed by atoms with Gasteiger partial charge in [-0.05, 0) is 29.3 Å². The van der Waals surface area contributed by atoms with Gasteiger partial charge < -0.3 is 5.11 Å². The molecule has 0 aliphatic rings. The highest BCUT2D eigenvalue weighted by Gasteiger charge is 2.15. The minimum absolute atomic E-state index is 0.0447. The van der Waals surface area contributed by atoms with Gasteiger partial charge in [-0.1, -0.05) is 42.5 Å². The molecule has 0 fully saturated rings. The molecule has 1 N–H and O–H groups in total. The number of para-hydroxylation sites is 1. The van der Waals surface area contributed by atoms with Gasteiger partial charge in [-0.2, -0.15) is 5.10 Å². The van der Waals surface area contributed by atoms with Crippen LogP contribution in [0.1, 0.15) is 16.8 Å². The monoisotopic (exact) mass is 342 g/mol. The normalized spacial score (nSPS) is 11.5. The van der Waals surface area contributed by atoms with Crippen LogP contribution < -0.4 is 0 Å². The molecule has 0 aliphatic carbocycles. The topological polar surface area (TPSA) is 72.2 Å². The van der Waals surface area contributed by atoms with Crippen molar-refractivity contribution in [3.05, 3.63) is 83.7 Å². The summed E-state index contributed by atoms with van der Waals surface area (Å²) in [6.07, 6.45) is 1.76. The van der Waals surface area contributed by atoms with E-state index in [9.17, 15) is 8.42 Å². The van der Waals surface area contributed by atoms with E-state index in [2.05, 4.69) is 5.10 Å². The summed E-state index contributed by atoms with van der Waals surface area (Å²) in [5.74, 6) is -0.147. The molecule has 0 spiro atoms. The van der Waals surface area contributed by atoms with Crippen molar-refractivity contribution in [3.8, 4) is 5.69 Å². The van der Waals surface area contributed by atoms with E-state index in [0.717, 1.165) is 11.3 Å². The Morgan fingerprint density at radius 3 is 2.21 bits per heavy atom. The molecule has 2 aromatic carbocycles. The van der Waals surface area contributed by atoms with Crippen molar-refractivity contribution in [1.82, 2.24) is 9.78 Å². The first-order chi connectivity index (χ1) is 11.6. The van der Waals surface area contributed by atoms with E-state index in [0.29, 0.717) is 11.3 Å². The van der Waals surface area contributed by atoms with Crippen LogP contribution in [-0.4, -0.2) is 23.3 Å². The third-order valence-corrected chi connectivity index (χ3v) is 5.13. The highest BCUT2D eigenvalue weighted by atomic mass is 32.2. The highest BCUT2D eigenvalue weighted by molar-refractivity contribution is 7.89. The number of aliphatic hydroxyl groups is 1. The molecule has 6 heteroatoms. The van der Waals surface area contributed by atoms with Gasteiger partial charge in [-0.3, -0.25) is 0 Å². The molecule has 0 aliphatic heterocycles. The summed E-state index contributed by atoms with van der Waals surface area (Å²) >= 11 is 0. The van der Waals surface area contributed by atoms with Crippen LogP contribution in [0.4, 0.5) is 0 Å². The first-order valence-corrected chi connectivity index (χ1v) is 9.37. The van der Waals surface area contributed by atoms with Gasteiger partial charge in [0.2, 0.25) is 0 Å². The van der Waals surface area contributed by atoms with Crippen molar-refractivity contribution >= 4 is 9.84 Å². The summed E-state index contributed by atoms with van der Waals surface area (Å²) in [6.45, 7) is -0.0516. The van der Waals surface area contributed by atoms with E-state index in [-0.39, 0.29) is 18.1 Å². The first-order valence-electron chi connectivity index (χ1n) is 7.55. The summed E-state index contributed by atoms with van der Waals surface area (Å²) < 4.78 is 26.4. The molecule has 3 rings (SSSR count). The summed E-state index contributed by atoms with van der Waals surface area (Å²) in [6, 6.07) is 18.2. The molecule has 0 saturated carbocycles. The number of aromatic nitrogens is 2. The van der Waals surface area contributed by atoms with E-state index in [1.165, 1.54) is 0 Å². The summed E-state index contributed by atoms with van der Waals surface area (Å²) in [7, 11) is -3.31. The zero-order valence-electron chi connectivity index (χ0n) is 13.0. The molecule has 0 saturated heterocycles. The van der Waals surface area contributed by atoms with Crippen molar-refractivity contribution in [1.29, 1.82) is 0 Å². The number of hydrogen-bond acceptors (Lipinski definition) is 4. The molecule has 124 valence electrons. The molecular weight excluding hydrogens is 324 g/mol. The van der Waals surface area contributed by atoms with Crippen molar-refractivity contribution in [2.24, 2.45) is 0 Å². The molecule has 0 atom stereocenters. The van der Waals surface area contributed by atoms with Gasteiger partial charge in [0.25, 0.3) is 0 Å². The molecule has 5 nitrogen and oxygen atoms in total. The Morgan fingerprint density at radius 1 is 0.875 bits per heavy atom. The third kappa shape index (κ3) is 4.10. The number of sulfone groups is 1. The summed E-state index contributed by atoms with van der Waals surface area (Å²) in [5.41, 5.74) is 2.87. The Morgan fingerprint density at radius 2 is 1.54 bits per heavy atom. The van der Waals surface area contributed by atoms with Crippen molar-refractivity contribution in [2.45, 2.75) is 18.1 Å². The summed E-state index contributed by atoms with van der Waals surface area (Å²) in [4.78, 5) is 0. The number of hydrogen-bond donors (Lipinski definition) is 1. The molecular formula is C18H18N2O3S. The second-order valence-corrected chi connectivity index (χ2v) is 7.66. The molecule has 0 unspecified atom stereocenters. The van der Waals surface area contributed by atoms with Crippen LogP contribution in [0, 0.1) is 0 Å². The van der Waals surface area contributed by atoms with Gasteiger partial charge in [0.15, 0.2) is 9.84 Å². The molecule has 0 radical (unpaired) electrons. The van der Waals surface area contributed by atoms with Gasteiger partial charge in [0.1, 0.15) is 0 Å². The molecule has 24 heavy (non-hydrogen) atoms. The predicted molar refractivity (Wildman–Crippen MR) is 92.3 cm³/mol. The van der Waals surface area contributed by atoms with Crippen LogP contribution in [0.2, 0.25) is 0 Å². The van der Waals surface area contributed by atoms with Gasteiger partial charge in [-0.25, -0.2) is 13.1 Å². The third-order valence-electron chi connectivity index (χ3n) is 3.62. The van der Waals surface area contributed by atoms with Crippen LogP contribution in [0.25, 0.3) is 5.69 Å². The largest absolute Gasteiger partial charge is 0.392 e. The predicted octanol–water partition coefficient (Wildman–Crippen LogP) is 2.48. The number of nitrogens with zero attached hydrogens (tertiary/aromatic N) is 2. The summed E-state index contributed by atoms with van der Waals surface area (Å²) in [5, 5.41) is 13.4. The Balaban J connectivity index is 1.71. The fourth-order valence-corrected chi connectivity index (χ4v) is 3.84. The van der Waals surface area contributed by atoms with E-state index >= 15 is 0 Å². The van der Waals surface area contributed by atoms with Gasteiger partial charge in [-0.15, -0.1) is 0 Å². The lowest BCUT2D eigenvalue weighted by atomic mass is 10.2. The van der Waals surface area contributed by atoms with Crippen molar-refractivity contribution < 1.29 is 13.5 Å². The number of aliphatic hydroxyl groups excluding tert-OH is 1. The lowest BCUT2D eigenvalue weighted by Gasteiger charge is -2.04. The van der Waals surface area contributed by atoms with Gasteiger partial charge >= 0.3 is 0 Å². The Kier molecular flexibility index (Phi) is 4.78. The minimum atomic E-state index is -3.31. The minimum Gasteiger partial charge on any atom is -0.392 e. The van der Waals surface area contributed by atoms with Crippen molar-refractivity contribution in [3.63, 3.8) is 0 Å². The molecule has 0 bridgehead atoms. The van der Waals surface area contributed by atoms with E-state index in [1.807, 2.05) is 30.3 Å². The fourth-order valence-electron chi connectivity index (χ4n) is 2.43. The van der Waals surface area contributed by atoms with Crippen LogP contribution in [-0.2, 0) is 27.9 Å². The first kappa shape index (κ1) is 16.4. The second kappa shape index (κ2) is 6.98. The lowest BCUT2D eigenvalue weighted by molar-refractivity contribution is 0.282. The average Bonchev–Trinajstić information content (AvgIpc) is 3.03. The SMILES string of the molecule is O=S(=O)(Cc1ccc(CO)cc1)Cc1ccn(-c2ccccc2)n1. The van der Waals surface area contributed by atoms with Gasteiger partial charge in [0, 0.05) is 6.20 Å². The molecule has 1 aromatic heterocycles. The Bertz CT molecular complexity index is 901. The number of rotatable bonds is 6. The Labute approximate surface area is 141 Å². The quantitative estimate of drug-likeness (QED) is 0.747. The van der Waals surface area contributed by atoms with Gasteiger partial charge in [0.05, 0.1) is 29.5 Å². The maximum atomic E-state index is 12.4. The number of benzene rings is 2. The van der Waals surface area contributed by atoms with Crippen LogP contribution >= 0.6 is 0 Å². The zero-order chi connectivity index (χ0) is 17.0. The van der Waals surface area contributed by atoms with Crippen LogP contribution in [0.3, 0.4) is 0 Å². The zero-order valence-corrected chi connectivity index (χ0v) is 13.9. The van der Waals surface area contributed by atoms with E-state index in [4.69, 9.17) is 5.11 Å². The van der Waals surface area contributed by atoms with Crippen LogP contribution in [0.5, 0.6) is 0 Å². The fraction of sp³-hybridized carbons (Fsp3) is 0.167. The maximum absolute atomic E-state index is 12.4. The van der Waals surface area contributed by atoms with E-state index in [1.54, 1.807) is 41.2 Å². The average molecular weight is 342 g/mol. The van der Waals surface area contributed by atoms with Crippen molar-refractivity contribution in [2.75, 3.05) is 0 Å². The standard InChI is InChI=1S/C18H18N2O3S/c21-12-15-6-8-16(9-7-15)13-24(22,23)14-17-10-11-20(19-17)18-4-2-1-3-5-18/h1-11,21H,12-14H2. The van der Waals surface area contributed by atoms with E-state index < -0.39 is 9.84 Å². The second-order valence-electron chi connectivity index (χ2n) is 5.59. The lowest BCUT2D eigenvalue weighted by Crippen LogP contribution is -2.08. The molecule has 1 heterocycles. The molecule has 3 aromatic rings. The Hall–Kier alpha value is -2.44. The molecule has 0 amide bonds. The maximum Gasteiger partial charge on any atom is 0.160 e. The highest BCUT2D eigenvalue weighted by Crippen LogP contribution is 2.14.